The number of nitrogens with two attached hydrogens (primary N) is 1. The van der Waals surface area contributed by atoms with E-state index in [1.807, 2.05) is 17.6 Å². The molecule has 0 fully saturated rings. The number of rotatable bonds is 6. The van der Waals surface area contributed by atoms with Crippen molar-refractivity contribution in [1.82, 2.24) is 5.43 Å². The summed E-state index contributed by atoms with van der Waals surface area (Å²) >= 11 is 11.7. The molecule has 0 aliphatic carbocycles. The van der Waals surface area contributed by atoms with Crippen LogP contribution in [0.4, 0.5) is 4.79 Å². The van der Waals surface area contributed by atoms with E-state index in [1.54, 1.807) is 24.3 Å². The third-order valence-corrected chi connectivity index (χ3v) is 4.24. The molecule has 0 radical (unpaired) electrons. The molecule has 28 heavy (non-hydrogen) atoms. The minimum Gasteiger partial charge on any atom is -0.350 e. The van der Waals surface area contributed by atoms with E-state index in [1.165, 1.54) is 24.3 Å². The van der Waals surface area contributed by atoms with Gasteiger partial charge in [-0.2, -0.15) is 15.6 Å². The highest BCUT2D eigenvalue weighted by Gasteiger charge is 2.32. The summed E-state index contributed by atoms with van der Waals surface area (Å²) in [7, 11) is 0. The van der Waals surface area contributed by atoms with E-state index in [2.05, 4.69) is 5.10 Å². The number of carbonyl (C=O) groups excluding carboxylic acids is 2. The summed E-state index contributed by atoms with van der Waals surface area (Å²) in [5, 5.41) is 23.8. The standard InChI is InChI=1S/C19H13Cl2N5O2/c20-13-5-1-11(2-6-13)15(9-22)17(25-26-19(24)28)18(27)16(10-23)12-3-7-14(21)8-4-12/h1-8,15-16H,(H3,24,26,28)/b25-17+. The molecular weight excluding hydrogens is 401 g/mol. The van der Waals surface area contributed by atoms with E-state index in [0.717, 1.165) is 0 Å². The number of primary amides is 1. The number of hydrogen-bond donors (Lipinski definition) is 2. The molecule has 2 atom stereocenters. The SMILES string of the molecule is N#CC(C(=O)/C(=N/NC(N)=O)C(C#N)c1ccc(Cl)cc1)c1ccc(Cl)cc1. The highest BCUT2D eigenvalue weighted by atomic mass is 35.5. The molecule has 2 aromatic carbocycles. The molecule has 2 amide bonds. The zero-order valence-electron chi connectivity index (χ0n) is 14.3. The number of nitrogens with zero attached hydrogens (tertiary/aromatic N) is 3. The highest BCUT2D eigenvalue weighted by molar-refractivity contribution is 6.45. The van der Waals surface area contributed by atoms with Crippen LogP contribution in [0.1, 0.15) is 23.0 Å². The monoisotopic (exact) mass is 413 g/mol. The Hall–Kier alpha value is -3.39. The van der Waals surface area contributed by atoms with Crippen molar-refractivity contribution < 1.29 is 9.59 Å². The lowest BCUT2D eigenvalue weighted by atomic mass is 9.86. The predicted octanol–water partition coefficient (Wildman–Crippen LogP) is 3.50. The lowest BCUT2D eigenvalue weighted by Gasteiger charge is -2.15. The molecule has 0 saturated carbocycles. The van der Waals surface area contributed by atoms with Crippen LogP contribution >= 0.6 is 23.2 Å². The largest absolute Gasteiger partial charge is 0.350 e. The molecule has 0 aromatic heterocycles. The summed E-state index contributed by atoms with van der Waals surface area (Å²) in [6.07, 6.45) is 0. The number of nitrogens with one attached hydrogen (secondary N) is 1. The molecule has 7 nitrogen and oxygen atoms in total. The van der Waals surface area contributed by atoms with Crippen LogP contribution in [0.3, 0.4) is 0 Å². The predicted molar refractivity (Wildman–Crippen MR) is 105 cm³/mol. The summed E-state index contributed by atoms with van der Waals surface area (Å²) in [5.74, 6) is -3.16. The van der Waals surface area contributed by atoms with E-state index in [4.69, 9.17) is 28.9 Å². The Bertz CT molecular complexity index is 989. The third-order valence-electron chi connectivity index (χ3n) is 3.74. The number of carbonyl (C=O) groups is 2. The normalized spacial score (nSPS) is 12.9. The molecule has 0 saturated heterocycles. The lowest BCUT2D eigenvalue weighted by Crippen LogP contribution is -2.32. The van der Waals surface area contributed by atoms with Gasteiger partial charge < -0.3 is 5.73 Å². The zero-order valence-corrected chi connectivity index (χ0v) is 15.8. The van der Waals surface area contributed by atoms with Gasteiger partial charge >= 0.3 is 6.03 Å². The smallest absolute Gasteiger partial charge is 0.332 e. The van der Waals surface area contributed by atoms with Gasteiger partial charge in [-0.15, -0.1) is 0 Å². The van der Waals surface area contributed by atoms with Crippen molar-refractivity contribution >= 4 is 40.7 Å². The number of benzene rings is 2. The number of nitriles is 2. The van der Waals surface area contributed by atoms with Crippen LogP contribution in [0.2, 0.25) is 10.0 Å². The van der Waals surface area contributed by atoms with Crippen molar-refractivity contribution in [2.45, 2.75) is 11.8 Å². The van der Waals surface area contributed by atoms with Gasteiger partial charge in [0.05, 0.1) is 12.1 Å². The maximum atomic E-state index is 13.1. The Labute approximate surface area is 171 Å². The minimum atomic E-state index is -1.26. The number of Topliss-reactive ketones (excluding diaryl/α,β-unsaturated/α-hetero) is 1. The average Bonchev–Trinajstić information content (AvgIpc) is 2.68. The van der Waals surface area contributed by atoms with E-state index in [9.17, 15) is 20.1 Å². The minimum absolute atomic E-state index is 0.329. The third kappa shape index (κ3) is 5.08. The van der Waals surface area contributed by atoms with Gasteiger partial charge in [0.25, 0.3) is 0 Å². The van der Waals surface area contributed by atoms with Gasteiger partial charge in [0, 0.05) is 10.0 Å². The van der Waals surface area contributed by atoms with Crippen molar-refractivity contribution in [2.75, 3.05) is 0 Å². The van der Waals surface area contributed by atoms with E-state index < -0.39 is 23.7 Å². The van der Waals surface area contributed by atoms with Gasteiger partial charge in [0.1, 0.15) is 17.5 Å². The summed E-state index contributed by atoms with van der Waals surface area (Å²) in [5.41, 5.74) is 7.45. The molecule has 3 N–H and O–H groups in total. The number of hydrazone groups is 1. The fourth-order valence-corrected chi connectivity index (χ4v) is 2.67. The summed E-state index contributed by atoms with van der Waals surface area (Å²) in [4.78, 5) is 24.1. The van der Waals surface area contributed by atoms with E-state index in [-0.39, 0.29) is 5.71 Å². The number of halogens is 2. The summed E-state index contributed by atoms with van der Waals surface area (Å²) in [6.45, 7) is 0. The summed E-state index contributed by atoms with van der Waals surface area (Å²) < 4.78 is 0. The first-order valence-corrected chi connectivity index (χ1v) is 8.60. The Morgan fingerprint density at radius 2 is 1.32 bits per heavy atom. The fourth-order valence-electron chi connectivity index (χ4n) is 2.41. The molecule has 0 aliphatic heterocycles. The van der Waals surface area contributed by atoms with Crippen molar-refractivity contribution in [3.8, 4) is 12.1 Å². The maximum absolute atomic E-state index is 13.1. The Balaban J connectivity index is 2.50. The Kier molecular flexibility index (Phi) is 7.11. The molecule has 0 bridgehead atoms. The molecular formula is C19H13Cl2N5O2. The van der Waals surface area contributed by atoms with Gasteiger partial charge in [0.15, 0.2) is 0 Å². The fraction of sp³-hybridized carbons (Fsp3) is 0.105. The zero-order chi connectivity index (χ0) is 20.7. The number of hydrogen-bond acceptors (Lipinski definition) is 5. The first-order chi connectivity index (χ1) is 13.4. The second-order valence-electron chi connectivity index (χ2n) is 5.56. The van der Waals surface area contributed by atoms with E-state index in [0.29, 0.717) is 21.2 Å². The van der Waals surface area contributed by atoms with Crippen LogP contribution in [0.25, 0.3) is 0 Å². The van der Waals surface area contributed by atoms with Crippen LogP contribution in [0.5, 0.6) is 0 Å². The first-order valence-electron chi connectivity index (χ1n) is 7.84. The van der Waals surface area contributed by atoms with Gasteiger partial charge in [-0.3, -0.25) is 4.79 Å². The quantitative estimate of drug-likeness (QED) is 0.553. The van der Waals surface area contributed by atoms with Crippen LogP contribution in [-0.4, -0.2) is 17.5 Å². The number of urea groups is 1. The van der Waals surface area contributed by atoms with Crippen LogP contribution in [-0.2, 0) is 4.79 Å². The molecule has 2 unspecified atom stereocenters. The Morgan fingerprint density at radius 1 is 0.893 bits per heavy atom. The Morgan fingerprint density at radius 3 is 1.71 bits per heavy atom. The molecule has 9 heteroatoms. The molecule has 0 heterocycles. The number of ketones is 1. The van der Waals surface area contributed by atoms with Crippen molar-refractivity contribution in [1.29, 1.82) is 10.5 Å². The van der Waals surface area contributed by atoms with E-state index >= 15 is 0 Å². The molecule has 2 aromatic rings. The first kappa shape index (κ1) is 20.9. The maximum Gasteiger partial charge on any atom is 0.332 e. The van der Waals surface area contributed by atoms with Crippen LogP contribution in [0, 0.1) is 22.7 Å². The lowest BCUT2D eigenvalue weighted by molar-refractivity contribution is -0.113. The second-order valence-corrected chi connectivity index (χ2v) is 6.44. The van der Waals surface area contributed by atoms with Crippen LogP contribution in [0.15, 0.2) is 53.6 Å². The van der Waals surface area contributed by atoms with Gasteiger partial charge in [-0.05, 0) is 35.4 Å². The van der Waals surface area contributed by atoms with Crippen molar-refractivity contribution in [3.05, 3.63) is 69.7 Å². The summed E-state index contributed by atoms with van der Waals surface area (Å²) in [6, 6.07) is 15.2. The second kappa shape index (κ2) is 9.52. The number of amides is 2. The highest BCUT2D eigenvalue weighted by Crippen LogP contribution is 2.25. The van der Waals surface area contributed by atoms with Gasteiger partial charge in [-0.1, -0.05) is 47.5 Å². The topological polar surface area (TPSA) is 132 Å². The molecule has 140 valence electrons. The molecule has 2 rings (SSSR count). The van der Waals surface area contributed by atoms with Gasteiger partial charge in [0.2, 0.25) is 5.78 Å². The van der Waals surface area contributed by atoms with Crippen molar-refractivity contribution in [3.63, 3.8) is 0 Å². The molecule has 0 spiro atoms. The molecule has 0 aliphatic rings. The van der Waals surface area contributed by atoms with Gasteiger partial charge in [-0.25, -0.2) is 10.2 Å². The average molecular weight is 414 g/mol. The van der Waals surface area contributed by atoms with Crippen molar-refractivity contribution in [2.24, 2.45) is 10.8 Å². The van der Waals surface area contributed by atoms with Crippen LogP contribution < -0.4 is 11.2 Å².